The summed E-state index contributed by atoms with van der Waals surface area (Å²) in [5.74, 6) is 0.770. The lowest BCUT2D eigenvalue weighted by atomic mass is 10.1. The van der Waals surface area contributed by atoms with Crippen LogP contribution in [0.5, 0.6) is 0 Å². The van der Waals surface area contributed by atoms with Gasteiger partial charge in [0.25, 0.3) is 0 Å². The average molecular weight is 348 g/mol. The van der Waals surface area contributed by atoms with E-state index in [9.17, 15) is 4.79 Å². The van der Waals surface area contributed by atoms with Crippen LogP contribution in [0.2, 0.25) is 0 Å². The molecule has 0 atom stereocenters. The first-order valence-corrected chi connectivity index (χ1v) is 9.57. The van der Waals surface area contributed by atoms with Crippen molar-refractivity contribution in [3.8, 4) is 0 Å². The van der Waals surface area contributed by atoms with Crippen molar-refractivity contribution in [2.75, 3.05) is 18.0 Å². The van der Waals surface area contributed by atoms with Crippen LogP contribution < -0.4 is 11.1 Å². The van der Waals surface area contributed by atoms with Crippen molar-refractivity contribution in [2.24, 2.45) is 0 Å². The largest absolute Gasteiger partial charge is 0.383 e. The predicted molar refractivity (Wildman–Crippen MR) is 97.0 cm³/mol. The van der Waals surface area contributed by atoms with Crippen molar-refractivity contribution in [1.82, 2.24) is 15.3 Å². The number of anilines is 1. The summed E-state index contributed by atoms with van der Waals surface area (Å²) >= 11 is 3.05. The molecule has 0 aromatic carbocycles. The molecule has 0 fully saturated rings. The van der Waals surface area contributed by atoms with E-state index < -0.39 is 0 Å². The van der Waals surface area contributed by atoms with Gasteiger partial charge in [-0.15, -0.1) is 17.9 Å². The zero-order chi connectivity index (χ0) is 16.2. The molecular weight excluding hydrogens is 328 g/mol. The SMILES string of the molecule is C=CCNC(=O)CSc1nc(N)c2c3c(sc2n1)CCCCC3. The number of nitrogens with two attached hydrogens (primary N) is 1. The van der Waals surface area contributed by atoms with Gasteiger partial charge in [0.15, 0.2) is 5.16 Å². The molecule has 3 rings (SSSR count). The highest BCUT2D eigenvalue weighted by molar-refractivity contribution is 7.99. The maximum Gasteiger partial charge on any atom is 0.230 e. The maximum absolute atomic E-state index is 11.7. The van der Waals surface area contributed by atoms with Gasteiger partial charge in [0, 0.05) is 11.4 Å². The predicted octanol–water partition coefficient (Wildman–Crippen LogP) is 2.94. The Kier molecular flexibility index (Phi) is 5.17. The minimum Gasteiger partial charge on any atom is -0.383 e. The molecule has 0 radical (unpaired) electrons. The summed E-state index contributed by atoms with van der Waals surface area (Å²) < 4.78 is 0. The third-order valence-electron chi connectivity index (χ3n) is 3.85. The molecule has 0 unspecified atom stereocenters. The summed E-state index contributed by atoms with van der Waals surface area (Å²) in [4.78, 5) is 23.0. The van der Waals surface area contributed by atoms with Gasteiger partial charge in [0.1, 0.15) is 10.6 Å². The van der Waals surface area contributed by atoms with Gasteiger partial charge < -0.3 is 11.1 Å². The first-order chi connectivity index (χ1) is 11.2. The van der Waals surface area contributed by atoms with Crippen LogP contribution in [0.25, 0.3) is 10.2 Å². The molecule has 0 aliphatic heterocycles. The first kappa shape index (κ1) is 16.3. The van der Waals surface area contributed by atoms with Gasteiger partial charge in [-0.25, -0.2) is 9.97 Å². The van der Waals surface area contributed by atoms with Crippen LogP contribution in [0.3, 0.4) is 0 Å². The van der Waals surface area contributed by atoms with Crippen LogP contribution in [0, 0.1) is 0 Å². The zero-order valence-electron chi connectivity index (χ0n) is 12.9. The molecule has 7 heteroatoms. The number of hydrogen-bond acceptors (Lipinski definition) is 6. The second-order valence-corrected chi connectivity index (χ2v) is 7.54. The lowest BCUT2D eigenvalue weighted by molar-refractivity contribution is -0.118. The minimum absolute atomic E-state index is 0.0564. The molecule has 5 nitrogen and oxygen atoms in total. The van der Waals surface area contributed by atoms with Crippen molar-refractivity contribution in [3.63, 3.8) is 0 Å². The van der Waals surface area contributed by atoms with E-state index >= 15 is 0 Å². The lowest BCUT2D eigenvalue weighted by Crippen LogP contribution is -2.25. The van der Waals surface area contributed by atoms with Crippen molar-refractivity contribution < 1.29 is 4.79 Å². The highest BCUT2D eigenvalue weighted by Crippen LogP contribution is 2.37. The summed E-state index contributed by atoms with van der Waals surface area (Å²) in [6.07, 6.45) is 7.55. The summed E-state index contributed by atoms with van der Waals surface area (Å²) in [6, 6.07) is 0. The number of thiophene rings is 1. The van der Waals surface area contributed by atoms with E-state index in [-0.39, 0.29) is 11.7 Å². The number of thioether (sulfide) groups is 1. The molecule has 0 saturated carbocycles. The second-order valence-electron chi connectivity index (χ2n) is 5.52. The number of nitrogens with one attached hydrogen (secondary N) is 1. The molecule has 3 N–H and O–H groups in total. The Balaban J connectivity index is 1.81. The number of hydrogen-bond donors (Lipinski definition) is 2. The van der Waals surface area contributed by atoms with E-state index in [2.05, 4.69) is 21.9 Å². The Morgan fingerprint density at radius 2 is 2.17 bits per heavy atom. The molecule has 2 aromatic heterocycles. The number of carbonyl (C=O) groups excluding carboxylic acids is 1. The Morgan fingerprint density at radius 1 is 1.35 bits per heavy atom. The standard InChI is InChI=1S/C16H20N4OS2/c1-2-8-18-12(21)9-22-16-19-14(17)13-10-6-4-3-5-7-11(10)23-15(13)20-16/h2H,1,3-9H2,(H,18,21)(H2,17,19,20). The Labute approximate surface area is 143 Å². The van der Waals surface area contributed by atoms with Crippen molar-refractivity contribution in [1.29, 1.82) is 0 Å². The Morgan fingerprint density at radius 3 is 3.00 bits per heavy atom. The van der Waals surface area contributed by atoms with Crippen molar-refractivity contribution >= 4 is 45.0 Å². The second kappa shape index (κ2) is 7.31. The van der Waals surface area contributed by atoms with Gasteiger partial charge in [0.05, 0.1) is 11.1 Å². The fourth-order valence-electron chi connectivity index (χ4n) is 2.77. The van der Waals surface area contributed by atoms with E-state index in [1.807, 2.05) is 0 Å². The molecule has 0 spiro atoms. The minimum atomic E-state index is -0.0564. The van der Waals surface area contributed by atoms with Crippen LogP contribution in [-0.4, -0.2) is 28.2 Å². The number of amides is 1. The van der Waals surface area contributed by atoms with E-state index in [0.717, 1.165) is 23.1 Å². The van der Waals surface area contributed by atoms with Crippen molar-refractivity contribution in [2.45, 2.75) is 37.3 Å². The number of aromatic nitrogens is 2. The fourth-order valence-corrected chi connectivity index (χ4v) is 4.78. The lowest BCUT2D eigenvalue weighted by Gasteiger charge is -2.04. The summed E-state index contributed by atoms with van der Waals surface area (Å²) in [5.41, 5.74) is 7.54. The molecule has 2 aromatic rings. The third-order valence-corrected chi connectivity index (χ3v) is 5.88. The normalized spacial score (nSPS) is 14.3. The Bertz CT molecular complexity index is 741. The van der Waals surface area contributed by atoms with Crippen LogP contribution in [0.4, 0.5) is 5.82 Å². The maximum atomic E-state index is 11.7. The first-order valence-electron chi connectivity index (χ1n) is 7.77. The number of rotatable bonds is 5. The molecule has 1 amide bonds. The molecule has 1 aliphatic rings. The van der Waals surface area contributed by atoms with Gasteiger partial charge in [0.2, 0.25) is 5.91 Å². The number of aryl methyl sites for hydroxylation is 2. The number of nitrogens with zero attached hydrogens (tertiary/aromatic N) is 2. The average Bonchev–Trinajstić information content (AvgIpc) is 2.73. The Hall–Kier alpha value is -1.60. The van der Waals surface area contributed by atoms with E-state index in [4.69, 9.17) is 5.73 Å². The molecule has 23 heavy (non-hydrogen) atoms. The van der Waals surface area contributed by atoms with Crippen LogP contribution in [0.1, 0.15) is 29.7 Å². The molecule has 2 heterocycles. The van der Waals surface area contributed by atoms with Gasteiger partial charge in [-0.2, -0.15) is 0 Å². The van der Waals surface area contributed by atoms with Gasteiger partial charge in [-0.05, 0) is 31.2 Å². The summed E-state index contributed by atoms with van der Waals surface area (Å²) in [6.45, 7) is 4.05. The van der Waals surface area contributed by atoms with Gasteiger partial charge in [-0.1, -0.05) is 24.3 Å². The molecule has 1 aliphatic carbocycles. The summed E-state index contributed by atoms with van der Waals surface area (Å²) in [7, 11) is 0. The van der Waals surface area contributed by atoms with Gasteiger partial charge >= 0.3 is 0 Å². The van der Waals surface area contributed by atoms with Crippen LogP contribution in [0.15, 0.2) is 17.8 Å². The molecule has 0 bridgehead atoms. The number of nitrogen functional groups attached to an aromatic ring is 1. The zero-order valence-corrected chi connectivity index (χ0v) is 14.6. The summed E-state index contributed by atoms with van der Waals surface area (Å²) in [5, 5.41) is 4.34. The van der Waals surface area contributed by atoms with Crippen molar-refractivity contribution in [3.05, 3.63) is 23.1 Å². The highest BCUT2D eigenvalue weighted by Gasteiger charge is 2.19. The van der Waals surface area contributed by atoms with Crippen LogP contribution in [-0.2, 0) is 17.6 Å². The quantitative estimate of drug-likeness (QED) is 0.376. The smallest absolute Gasteiger partial charge is 0.230 e. The van der Waals surface area contributed by atoms with Crippen LogP contribution >= 0.6 is 23.1 Å². The topological polar surface area (TPSA) is 80.9 Å². The highest BCUT2D eigenvalue weighted by atomic mass is 32.2. The fraction of sp³-hybridized carbons (Fsp3) is 0.438. The van der Waals surface area contributed by atoms with E-state index in [1.54, 1.807) is 17.4 Å². The molecule has 0 saturated heterocycles. The molecule has 122 valence electrons. The molecular formula is C16H20N4OS2. The van der Waals surface area contributed by atoms with E-state index in [1.165, 1.54) is 41.5 Å². The third kappa shape index (κ3) is 3.67. The monoisotopic (exact) mass is 348 g/mol. The van der Waals surface area contributed by atoms with Gasteiger partial charge in [-0.3, -0.25) is 4.79 Å². The van der Waals surface area contributed by atoms with E-state index in [0.29, 0.717) is 17.5 Å². The number of carbonyl (C=O) groups is 1. The number of fused-ring (bicyclic) bond motifs is 3.